The van der Waals surface area contributed by atoms with Crippen LogP contribution < -0.4 is 10.1 Å². The lowest BCUT2D eigenvalue weighted by atomic mass is 10.0. The van der Waals surface area contributed by atoms with Crippen molar-refractivity contribution in [3.8, 4) is 5.75 Å². The molecule has 0 saturated heterocycles. The number of carbonyl (C=O) groups is 2. The Balaban J connectivity index is 1.59. The second-order valence-corrected chi connectivity index (χ2v) is 6.41. The molecule has 130 valence electrons. The highest BCUT2D eigenvalue weighted by molar-refractivity contribution is 9.10. The summed E-state index contributed by atoms with van der Waals surface area (Å²) in [6.07, 6.45) is 0.622. The molecule has 0 spiro atoms. The van der Waals surface area contributed by atoms with E-state index in [1.165, 1.54) is 12.1 Å². The standard InChI is InChI=1S/C18H15BrFNO4/c19-11-5-6-14(20)13(9-11)18(23)25-10-17(22)21-15-7-8-24-16-4-2-1-3-12(15)16/h1-6,9,15H,7-8,10H2,(H,21,22). The number of esters is 1. The SMILES string of the molecule is O=C(COC(=O)c1cc(Br)ccc1F)NC1CCOc2ccccc21. The minimum absolute atomic E-state index is 0.209. The Bertz CT molecular complexity index is 811. The van der Waals surface area contributed by atoms with Gasteiger partial charge in [-0.25, -0.2) is 9.18 Å². The Morgan fingerprint density at radius 2 is 2.08 bits per heavy atom. The molecule has 2 aromatic rings. The van der Waals surface area contributed by atoms with Gasteiger partial charge in [0.15, 0.2) is 6.61 Å². The van der Waals surface area contributed by atoms with Gasteiger partial charge in [-0.3, -0.25) is 4.79 Å². The van der Waals surface area contributed by atoms with Crippen LogP contribution in [0.15, 0.2) is 46.9 Å². The van der Waals surface area contributed by atoms with E-state index < -0.39 is 24.3 Å². The minimum atomic E-state index is -0.888. The first-order chi connectivity index (χ1) is 12.0. The summed E-state index contributed by atoms with van der Waals surface area (Å²) in [5, 5.41) is 2.81. The van der Waals surface area contributed by atoms with Crippen LogP contribution >= 0.6 is 15.9 Å². The van der Waals surface area contributed by atoms with Gasteiger partial charge in [0, 0.05) is 16.5 Å². The maximum Gasteiger partial charge on any atom is 0.341 e. The highest BCUT2D eigenvalue weighted by Crippen LogP contribution is 2.31. The maximum atomic E-state index is 13.6. The molecule has 1 N–H and O–H groups in total. The normalized spacial score (nSPS) is 15.7. The molecule has 1 amide bonds. The number of ether oxygens (including phenoxy) is 2. The fourth-order valence-corrected chi connectivity index (χ4v) is 2.95. The number of carbonyl (C=O) groups excluding carboxylic acids is 2. The summed E-state index contributed by atoms with van der Waals surface area (Å²) in [5.74, 6) is -1.31. The van der Waals surface area contributed by atoms with Crippen molar-refractivity contribution in [1.29, 1.82) is 0 Å². The van der Waals surface area contributed by atoms with Gasteiger partial charge in [0.1, 0.15) is 11.6 Å². The molecule has 1 aliphatic rings. The van der Waals surface area contributed by atoms with Gasteiger partial charge in [0.05, 0.1) is 18.2 Å². The number of halogens is 2. The van der Waals surface area contributed by atoms with E-state index in [0.29, 0.717) is 17.5 Å². The number of hydrogen-bond acceptors (Lipinski definition) is 4. The number of benzene rings is 2. The lowest BCUT2D eigenvalue weighted by Gasteiger charge is -2.26. The summed E-state index contributed by atoms with van der Waals surface area (Å²) in [7, 11) is 0. The molecular weight excluding hydrogens is 393 g/mol. The van der Waals surface area contributed by atoms with Gasteiger partial charge < -0.3 is 14.8 Å². The van der Waals surface area contributed by atoms with Gasteiger partial charge in [0.25, 0.3) is 5.91 Å². The third-order valence-corrected chi connectivity index (χ3v) is 4.27. The Hall–Kier alpha value is -2.41. The first kappa shape index (κ1) is 17.4. The van der Waals surface area contributed by atoms with Crippen LogP contribution in [-0.4, -0.2) is 25.1 Å². The molecule has 5 nitrogen and oxygen atoms in total. The second kappa shape index (κ2) is 7.65. The molecule has 2 aromatic carbocycles. The zero-order chi connectivity index (χ0) is 17.8. The highest BCUT2D eigenvalue weighted by Gasteiger charge is 2.23. The Morgan fingerprint density at radius 3 is 2.92 bits per heavy atom. The van der Waals surface area contributed by atoms with E-state index in [4.69, 9.17) is 9.47 Å². The van der Waals surface area contributed by atoms with Crippen molar-refractivity contribution in [2.24, 2.45) is 0 Å². The van der Waals surface area contributed by atoms with Gasteiger partial charge in [-0.15, -0.1) is 0 Å². The van der Waals surface area contributed by atoms with E-state index in [0.717, 1.165) is 17.4 Å². The minimum Gasteiger partial charge on any atom is -0.493 e. The van der Waals surface area contributed by atoms with Crippen LogP contribution in [0.25, 0.3) is 0 Å². The van der Waals surface area contributed by atoms with Gasteiger partial charge in [-0.2, -0.15) is 0 Å². The van der Waals surface area contributed by atoms with Gasteiger partial charge in [-0.05, 0) is 24.3 Å². The van der Waals surface area contributed by atoms with Crippen LogP contribution in [0.1, 0.15) is 28.4 Å². The molecule has 0 saturated carbocycles. The third kappa shape index (κ3) is 4.17. The lowest BCUT2D eigenvalue weighted by Crippen LogP contribution is -2.35. The molecule has 0 fully saturated rings. The highest BCUT2D eigenvalue weighted by atomic mass is 79.9. The molecule has 7 heteroatoms. The quantitative estimate of drug-likeness (QED) is 0.788. The van der Waals surface area contributed by atoms with E-state index in [9.17, 15) is 14.0 Å². The molecule has 1 atom stereocenters. The largest absolute Gasteiger partial charge is 0.493 e. The van der Waals surface area contributed by atoms with Crippen LogP contribution in [0.4, 0.5) is 4.39 Å². The van der Waals surface area contributed by atoms with Crippen molar-refractivity contribution >= 4 is 27.8 Å². The number of amides is 1. The zero-order valence-electron chi connectivity index (χ0n) is 13.1. The molecule has 1 aliphatic heterocycles. The number of fused-ring (bicyclic) bond motifs is 1. The molecule has 0 radical (unpaired) electrons. The fourth-order valence-electron chi connectivity index (χ4n) is 2.59. The molecular formula is C18H15BrFNO4. The zero-order valence-corrected chi connectivity index (χ0v) is 14.7. The van der Waals surface area contributed by atoms with E-state index in [1.807, 2.05) is 24.3 Å². The number of hydrogen-bond donors (Lipinski definition) is 1. The van der Waals surface area contributed by atoms with Crippen molar-refractivity contribution < 1.29 is 23.5 Å². The van der Waals surface area contributed by atoms with Crippen LogP contribution in [0.5, 0.6) is 5.75 Å². The maximum absolute atomic E-state index is 13.6. The van der Waals surface area contributed by atoms with E-state index in [-0.39, 0.29) is 11.6 Å². The lowest BCUT2D eigenvalue weighted by molar-refractivity contribution is -0.125. The topological polar surface area (TPSA) is 64.6 Å². The molecule has 0 aliphatic carbocycles. The van der Waals surface area contributed by atoms with E-state index in [2.05, 4.69) is 21.2 Å². The van der Waals surface area contributed by atoms with Gasteiger partial charge >= 0.3 is 5.97 Å². The van der Waals surface area contributed by atoms with Crippen molar-refractivity contribution in [3.05, 3.63) is 63.9 Å². The predicted octanol–water partition coefficient (Wildman–Crippen LogP) is 3.39. The van der Waals surface area contributed by atoms with Crippen molar-refractivity contribution in [2.45, 2.75) is 12.5 Å². The first-order valence-corrected chi connectivity index (χ1v) is 8.47. The molecule has 0 aromatic heterocycles. The number of nitrogens with one attached hydrogen (secondary N) is 1. The van der Waals surface area contributed by atoms with Crippen molar-refractivity contribution in [2.75, 3.05) is 13.2 Å². The summed E-state index contributed by atoms with van der Waals surface area (Å²) in [6, 6.07) is 11.2. The second-order valence-electron chi connectivity index (χ2n) is 5.50. The van der Waals surface area contributed by atoms with E-state index >= 15 is 0 Å². The summed E-state index contributed by atoms with van der Waals surface area (Å²) in [5.41, 5.74) is 0.657. The van der Waals surface area contributed by atoms with Crippen LogP contribution in [0.2, 0.25) is 0 Å². The molecule has 1 heterocycles. The average Bonchev–Trinajstić information content (AvgIpc) is 2.62. The third-order valence-electron chi connectivity index (χ3n) is 3.78. The molecule has 3 rings (SSSR count). The monoisotopic (exact) mass is 407 g/mol. The number of para-hydroxylation sites is 1. The smallest absolute Gasteiger partial charge is 0.341 e. The van der Waals surface area contributed by atoms with Gasteiger partial charge in [-0.1, -0.05) is 34.1 Å². The van der Waals surface area contributed by atoms with Crippen molar-refractivity contribution in [3.63, 3.8) is 0 Å². The molecule has 1 unspecified atom stereocenters. The van der Waals surface area contributed by atoms with E-state index in [1.54, 1.807) is 0 Å². The predicted molar refractivity (Wildman–Crippen MR) is 91.8 cm³/mol. The van der Waals surface area contributed by atoms with Gasteiger partial charge in [0.2, 0.25) is 0 Å². The molecule has 25 heavy (non-hydrogen) atoms. The van der Waals surface area contributed by atoms with Crippen LogP contribution in [-0.2, 0) is 9.53 Å². The number of rotatable bonds is 4. The fraction of sp³-hybridized carbons (Fsp3) is 0.222. The summed E-state index contributed by atoms with van der Waals surface area (Å²) in [4.78, 5) is 24.0. The average molecular weight is 408 g/mol. The Kier molecular flexibility index (Phi) is 5.33. The van der Waals surface area contributed by atoms with Crippen LogP contribution in [0, 0.1) is 5.82 Å². The summed E-state index contributed by atoms with van der Waals surface area (Å²) in [6.45, 7) is 0.00924. The summed E-state index contributed by atoms with van der Waals surface area (Å²) < 4.78 is 24.6. The Labute approximate surface area is 152 Å². The van der Waals surface area contributed by atoms with Crippen molar-refractivity contribution in [1.82, 2.24) is 5.32 Å². The molecule has 0 bridgehead atoms. The summed E-state index contributed by atoms with van der Waals surface area (Å²) >= 11 is 3.16. The first-order valence-electron chi connectivity index (χ1n) is 7.68. The Morgan fingerprint density at radius 1 is 1.28 bits per heavy atom. The van der Waals surface area contributed by atoms with Crippen LogP contribution in [0.3, 0.4) is 0 Å².